The van der Waals surface area contributed by atoms with Crippen molar-refractivity contribution in [3.8, 4) is 6.07 Å². The van der Waals surface area contributed by atoms with Crippen LogP contribution in [0.5, 0.6) is 0 Å². The van der Waals surface area contributed by atoms with Crippen LogP contribution in [0.1, 0.15) is 55.8 Å². The van der Waals surface area contributed by atoms with Crippen molar-refractivity contribution in [3.63, 3.8) is 0 Å². The lowest BCUT2D eigenvalue weighted by atomic mass is 9.83. The van der Waals surface area contributed by atoms with Crippen LogP contribution in [0.4, 0.5) is 5.82 Å². The number of hydrogen-bond acceptors (Lipinski definition) is 4. The Morgan fingerprint density at radius 3 is 2.68 bits per heavy atom. The summed E-state index contributed by atoms with van der Waals surface area (Å²) in [6.45, 7) is 6.07. The molecule has 0 saturated heterocycles. The molecular weight excluding hydrogens is 236 g/mol. The summed E-state index contributed by atoms with van der Waals surface area (Å²) >= 11 is 0. The summed E-state index contributed by atoms with van der Waals surface area (Å²) in [4.78, 5) is 0. The van der Waals surface area contributed by atoms with Gasteiger partial charge in [0.2, 0.25) is 0 Å². The van der Waals surface area contributed by atoms with Crippen molar-refractivity contribution in [1.82, 2.24) is 10.2 Å². The molecule has 0 aliphatic heterocycles. The van der Waals surface area contributed by atoms with Gasteiger partial charge in [-0.2, -0.15) is 10.4 Å². The third-order valence-electron chi connectivity index (χ3n) is 4.32. The number of nitriles is 1. The number of aromatic nitrogens is 2. The summed E-state index contributed by atoms with van der Waals surface area (Å²) in [6, 6.07) is 2.69. The lowest BCUT2D eigenvalue weighted by Crippen LogP contribution is -2.32. The molecule has 19 heavy (non-hydrogen) atoms. The molecule has 1 aliphatic carbocycles. The molecule has 1 heterocycles. The van der Waals surface area contributed by atoms with E-state index in [-0.39, 0.29) is 0 Å². The lowest BCUT2D eigenvalue weighted by Gasteiger charge is -2.32. The van der Waals surface area contributed by atoms with Crippen molar-refractivity contribution in [1.29, 1.82) is 5.26 Å². The Labute approximate surface area is 115 Å². The van der Waals surface area contributed by atoms with Crippen molar-refractivity contribution in [2.45, 2.75) is 58.9 Å². The minimum atomic E-state index is 0.433. The van der Waals surface area contributed by atoms with Crippen LogP contribution in [0.25, 0.3) is 0 Å². The van der Waals surface area contributed by atoms with Gasteiger partial charge in [0.05, 0.1) is 5.69 Å². The smallest absolute Gasteiger partial charge is 0.167 e. The molecule has 4 heteroatoms. The fourth-order valence-electron chi connectivity index (χ4n) is 2.91. The van der Waals surface area contributed by atoms with Crippen LogP contribution >= 0.6 is 0 Å². The number of nitrogens with zero attached hydrogens (tertiary/aromatic N) is 3. The Balaban J connectivity index is 2.23. The zero-order chi connectivity index (χ0) is 13.8. The zero-order valence-corrected chi connectivity index (χ0v) is 12.0. The topological polar surface area (TPSA) is 61.6 Å². The molecule has 2 atom stereocenters. The first-order valence-electron chi connectivity index (χ1n) is 7.17. The van der Waals surface area contributed by atoms with E-state index >= 15 is 0 Å². The normalized spacial score (nSPS) is 22.8. The molecular formula is C15H22N4. The molecule has 102 valence electrons. The molecule has 1 aliphatic rings. The average Bonchev–Trinajstić information content (AvgIpc) is 2.44. The van der Waals surface area contributed by atoms with E-state index in [0.717, 1.165) is 17.7 Å². The van der Waals surface area contributed by atoms with Crippen LogP contribution in [0, 0.1) is 31.1 Å². The SMILES string of the molecule is CCC1CCCCC1Nc1nnc(C)c(C)c1C#N. The fourth-order valence-corrected chi connectivity index (χ4v) is 2.91. The Kier molecular flexibility index (Phi) is 4.36. The maximum atomic E-state index is 9.32. The molecule has 4 nitrogen and oxygen atoms in total. The van der Waals surface area contributed by atoms with Gasteiger partial charge in [-0.05, 0) is 38.2 Å². The Morgan fingerprint density at radius 1 is 1.26 bits per heavy atom. The van der Waals surface area contributed by atoms with Crippen LogP contribution in [0.15, 0.2) is 0 Å². The highest BCUT2D eigenvalue weighted by Crippen LogP contribution is 2.30. The molecule has 0 spiro atoms. The van der Waals surface area contributed by atoms with Crippen molar-refractivity contribution in [2.75, 3.05) is 5.32 Å². The summed E-state index contributed by atoms with van der Waals surface area (Å²) in [5.74, 6) is 1.35. The molecule has 1 fully saturated rings. The predicted molar refractivity (Wildman–Crippen MR) is 75.9 cm³/mol. The average molecular weight is 258 g/mol. The highest BCUT2D eigenvalue weighted by atomic mass is 15.2. The molecule has 2 rings (SSSR count). The number of anilines is 1. The summed E-state index contributed by atoms with van der Waals surface area (Å²) in [6.07, 6.45) is 6.19. The van der Waals surface area contributed by atoms with Gasteiger partial charge in [-0.25, -0.2) is 0 Å². The molecule has 1 aromatic heterocycles. The van der Waals surface area contributed by atoms with Crippen LogP contribution in [0.2, 0.25) is 0 Å². The van der Waals surface area contributed by atoms with E-state index < -0.39 is 0 Å². The molecule has 1 N–H and O–H groups in total. The van der Waals surface area contributed by atoms with Crippen molar-refractivity contribution in [2.24, 2.45) is 5.92 Å². The van der Waals surface area contributed by atoms with E-state index in [2.05, 4.69) is 28.5 Å². The standard InChI is InChI=1S/C15H22N4/c1-4-12-7-5-6-8-14(12)17-15-13(9-16)10(2)11(3)18-19-15/h12,14H,4-8H2,1-3H3,(H,17,19). The van der Waals surface area contributed by atoms with Gasteiger partial charge in [0, 0.05) is 6.04 Å². The van der Waals surface area contributed by atoms with E-state index in [0.29, 0.717) is 23.3 Å². The molecule has 1 saturated carbocycles. The van der Waals surface area contributed by atoms with Gasteiger partial charge in [-0.15, -0.1) is 5.10 Å². The quantitative estimate of drug-likeness (QED) is 0.903. The second-order valence-electron chi connectivity index (χ2n) is 5.45. The summed E-state index contributed by atoms with van der Waals surface area (Å²) in [7, 11) is 0. The van der Waals surface area contributed by atoms with Gasteiger partial charge in [0.15, 0.2) is 5.82 Å². The lowest BCUT2D eigenvalue weighted by molar-refractivity contribution is 0.316. The summed E-state index contributed by atoms with van der Waals surface area (Å²) in [5, 5.41) is 21.1. The van der Waals surface area contributed by atoms with Gasteiger partial charge >= 0.3 is 0 Å². The molecule has 2 unspecified atom stereocenters. The number of rotatable bonds is 3. The largest absolute Gasteiger partial charge is 0.364 e. The molecule has 1 aromatic rings. The summed E-state index contributed by atoms with van der Waals surface area (Å²) in [5.41, 5.74) is 2.41. The number of aryl methyl sites for hydroxylation is 1. The van der Waals surface area contributed by atoms with Crippen molar-refractivity contribution < 1.29 is 0 Å². The number of hydrogen-bond donors (Lipinski definition) is 1. The van der Waals surface area contributed by atoms with Crippen LogP contribution in [-0.4, -0.2) is 16.2 Å². The van der Waals surface area contributed by atoms with Crippen LogP contribution in [-0.2, 0) is 0 Å². The highest BCUT2D eigenvalue weighted by Gasteiger charge is 2.25. The van der Waals surface area contributed by atoms with Gasteiger partial charge in [0.1, 0.15) is 11.6 Å². The van der Waals surface area contributed by atoms with E-state index in [4.69, 9.17) is 0 Å². The second kappa shape index (κ2) is 6.01. The Bertz CT molecular complexity index is 490. The van der Waals surface area contributed by atoms with Gasteiger partial charge in [-0.3, -0.25) is 0 Å². The fraction of sp³-hybridized carbons (Fsp3) is 0.667. The molecule has 0 radical (unpaired) electrons. The van der Waals surface area contributed by atoms with E-state index in [1.54, 1.807) is 0 Å². The maximum absolute atomic E-state index is 9.32. The van der Waals surface area contributed by atoms with Crippen molar-refractivity contribution >= 4 is 5.82 Å². The van der Waals surface area contributed by atoms with Crippen LogP contribution in [0.3, 0.4) is 0 Å². The monoisotopic (exact) mass is 258 g/mol. The minimum absolute atomic E-state index is 0.433. The third kappa shape index (κ3) is 2.86. The number of nitrogens with one attached hydrogen (secondary N) is 1. The zero-order valence-electron chi connectivity index (χ0n) is 12.0. The van der Waals surface area contributed by atoms with E-state index in [1.807, 2.05) is 13.8 Å². The first-order chi connectivity index (χ1) is 9.17. The second-order valence-corrected chi connectivity index (χ2v) is 5.45. The molecule has 0 aromatic carbocycles. The van der Waals surface area contributed by atoms with Gasteiger partial charge in [0.25, 0.3) is 0 Å². The Morgan fingerprint density at radius 2 is 2.00 bits per heavy atom. The summed E-state index contributed by atoms with van der Waals surface area (Å²) < 4.78 is 0. The first-order valence-corrected chi connectivity index (χ1v) is 7.17. The minimum Gasteiger partial charge on any atom is -0.364 e. The molecule has 0 bridgehead atoms. The first kappa shape index (κ1) is 13.8. The van der Waals surface area contributed by atoms with E-state index in [1.165, 1.54) is 25.7 Å². The van der Waals surface area contributed by atoms with E-state index in [9.17, 15) is 5.26 Å². The maximum Gasteiger partial charge on any atom is 0.167 e. The molecule has 0 amide bonds. The Hall–Kier alpha value is -1.63. The predicted octanol–water partition coefficient (Wildman–Crippen LogP) is 3.35. The third-order valence-corrected chi connectivity index (χ3v) is 4.32. The van der Waals surface area contributed by atoms with Crippen LogP contribution < -0.4 is 5.32 Å². The van der Waals surface area contributed by atoms with Gasteiger partial charge < -0.3 is 5.32 Å². The van der Waals surface area contributed by atoms with Gasteiger partial charge in [-0.1, -0.05) is 26.2 Å². The highest BCUT2D eigenvalue weighted by molar-refractivity contribution is 5.56. The van der Waals surface area contributed by atoms with Crippen molar-refractivity contribution in [3.05, 3.63) is 16.8 Å².